The van der Waals surface area contributed by atoms with Gasteiger partial charge < -0.3 is 19.4 Å². The third kappa shape index (κ3) is 5.78. The van der Waals surface area contributed by atoms with E-state index in [2.05, 4.69) is 15.2 Å². The van der Waals surface area contributed by atoms with Crippen LogP contribution in [0.3, 0.4) is 0 Å². The number of piperazine rings is 1. The summed E-state index contributed by atoms with van der Waals surface area (Å²) in [5.74, 6) is 0.403. The molecule has 1 aromatic carbocycles. The lowest BCUT2D eigenvalue weighted by Crippen LogP contribution is -2.53. The van der Waals surface area contributed by atoms with Crippen LogP contribution in [-0.4, -0.2) is 70.3 Å². The van der Waals surface area contributed by atoms with Crippen molar-refractivity contribution in [3.63, 3.8) is 0 Å². The van der Waals surface area contributed by atoms with Crippen molar-refractivity contribution in [1.82, 2.24) is 24.5 Å². The predicted octanol–water partition coefficient (Wildman–Crippen LogP) is 2.21. The number of hydrogen-bond acceptors (Lipinski definition) is 5. The van der Waals surface area contributed by atoms with Crippen LogP contribution in [-0.2, 0) is 16.1 Å². The lowest BCUT2D eigenvalue weighted by Gasteiger charge is -2.35. The zero-order valence-corrected chi connectivity index (χ0v) is 19.0. The van der Waals surface area contributed by atoms with E-state index in [9.17, 15) is 9.59 Å². The summed E-state index contributed by atoms with van der Waals surface area (Å²) in [6.45, 7) is 5.30. The Bertz CT molecular complexity index is 1100. The fourth-order valence-corrected chi connectivity index (χ4v) is 3.90. The Balaban J connectivity index is 1.23. The summed E-state index contributed by atoms with van der Waals surface area (Å²) in [5.41, 5.74) is 2.84. The normalized spacial score (nSPS) is 15.6. The van der Waals surface area contributed by atoms with Crippen LogP contribution >= 0.6 is 0 Å². The second-order valence-corrected chi connectivity index (χ2v) is 8.14. The van der Waals surface area contributed by atoms with Crippen LogP contribution < -0.4 is 10.1 Å². The van der Waals surface area contributed by atoms with E-state index in [0.29, 0.717) is 13.1 Å². The van der Waals surface area contributed by atoms with E-state index in [4.69, 9.17) is 4.74 Å². The Labute approximate surface area is 193 Å². The number of benzene rings is 1. The van der Waals surface area contributed by atoms with Gasteiger partial charge in [-0.1, -0.05) is 18.2 Å². The summed E-state index contributed by atoms with van der Waals surface area (Å²) >= 11 is 0. The van der Waals surface area contributed by atoms with E-state index in [1.807, 2.05) is 64.2 Å². The summed E-state index contributed by atoms with van der Waals surface area (Å²) in [5, 5.41) is 2.77. The molecule has 33 heavy (non-hydrogen) atoms. The topological polar surface area (TPSA) is 79.2 Å². The predicted molar refractivity (Wildman–Crippen MR) is 127 cm³/mol. The Morgan fingerprint density at radius 3 is 2.58 bits per heavy atom. The number of imidazole rings is 1. The molecular weight excluding hydrogens is 418 g/mol. The highest BCUT2D eigenvalue weighted by Gasteiger charge is 2.25. The third-order valence-corrected chi connectivity index (χ3v) is 5.76. The molecule has 1 saturated heterocycles. The lowest BCUT2D eigenvalue weighted by atomic mass is 10.2. The van der Waals surface area contributed by atoms with Crippen molar-refractivity contribution in [2.45, 2.75) is 19.5 Å². The molecule has 1 fully saturated rings. The molecule has 1 N–H and O–H groups in total. The molecule has 2 aromatic heterocycles. The Kier molecular flexibility index (Phi) is 7.04. The highest BCUT2D eigenvalue weighted by atomic mass is 16.5. The molecule has 1 aliphatic heterocycles. The SMILES string of the molecule is COc1ccc(/C=C/C(=O)NC(C)C(=O)N2CCN(Cc3cn4ccccc4n3)CC2)cc1. The largest absolute Gasteiger partial charge is 0.497 e. The van der Waals surface area contributed by atoms with Crippen molar-refractivity contribution >= 4 is 23.5 Å². The number of hydrogen-bond donors (Lipinski definition) is 1. The number of nitrogens with one attached hydrogen (secondary N) is 1. The van der Waals surface area contributed by atoms with Crippen LogP contribution in [0.25, 0.3) is 11.7 Å². The van der Waals surface area contributed by atoms with Gasteiger partial charge in [0.2, 0.25) is 11.8 Å². The molecule has 8 nitrogen and oxygen atoms in total. The van der Waals surface area contributed by atoms with E-state index in [1.54, 1.807) is 20.1 Å². The second-order valence-electron chi connectivity index (χ2n) is 8.14. The summed E-state index contributed by atoms with van der Waals surface area (Å²) in [6.07, 6.45) is 7.19. The number of amides is 2. The van der Waals surface area contributed by atoms with Crippen LogP contribution in [0.2, 0.25) is 0 Å². The molecule has 1 unspecified atom stereocenters. The fourth-order valence-electron chi connectivity index (χ4n) is 3.90. The van der Waals surface area contributed by atoms with Crippen molar-refractivity contribution in [3.8, 4) is 5.75 Å². The molecule has 0 spiro atoms. The van der Waals surface area contributed by atoms with Gasteiger partial charge in [-0.25, -0.2) is 4.98 Å². The molecule has 3 aromatic rings. The first kappa shape index (κ1) is 22.5. The van der Waals surface area contributed by atoms with E-state index >= 15 is 0 Å². The smallest absolute Gasteiger partial charge is 0.244 e. The monoisotopic (exact) mass is 447 g/mol. The molecule has 0 saturated carbocycles. The third-order valence-electron chi connectivity index (χ3n) is 5.76. The first-order valence-electron chi connectivity index (χ1n) is 11.1. The van der Waals surface area contributed by atoms with Gasteiger partial charge in [-0.2, -0.15) is 0 Å². The average Bonchev–Trinajstić information content (AvgIpc) is 3.25. The maximum atomic E-state index is 12.8. The number of rotatable bonds is 7. The number of aromatic nitrogens is 2. The van der Waals surface area contributed by atoms with E-state index in [1.165, 1.54) is 6.08 Å². The minimum absolute atomic E-state index is 0.0615. The molecule has 1 aliphatic rings. The van der Waals surface area contributed by atoms with Crippen LogP contribution in [0.15, 0.2) is 60.9 Å². The summed E-state index contributed by atoms with van der Waals surface area (Å²) in [7, 11) is 1.61. The van der Waals surface area contributed by atoms with Gasteiger partial charge in [0.15, 0.2) is 0 Å². The van der Waals surface area contributed by atoms with Gasteiger partial charge >= 0.3 is 0 Å². The number of carbonyl (C=O) groups excluding carboxylic acids is 2. The Hall–Kier alpha value is -3.65. The molecule has 172 valence electrons. The zero-order chi connectivity index (χ0) is 23.2. The van der Waals surface area contributed by atoms with Gasteiger partial charge in [0.1, 0.15) is 17.4 Å². The molecular formula is C25H29N5O3. The minimum atomic E-state index is -0.581. The first-order chi connectivity index (χ1) is 16.0. The van der Waals surface area contributed by atoms with Gasteiger partial charge in [-0.15, -0.1) is 0 Å². The molecule has 8 heteroatoms. The molecule has 2 amide bonds. The zero-order valence-electron chi connectivity index (χ0n) is 19.0. The van der Waals surface area contributed by atoms with Crippen LogP contribution in [0.1, 0.15) is 18.2 Å². The average molecular weight is 448 g/mol. The maximum absolute atomic E-state index is 12.8. The molecule has 1 atom stereocenters. The number of fused-ring (bicyclic) bond motifs is 1. The standard InChI is InChI=1S/C25H29N5O3/c1-19(26-24(31)11-8-20-6-9-22(33-2)10-7-20)25(32)29-15-13-28(14-16-29)17-21-18-30-12-4-3-5-23(30)27-21/h3-12,18-19H,13-17H2,1-2H3,(H,26,31)/b11-8+. The van der Waals surface area contributed by atoms with Gasteiger partial charge in [-0.05, 0) is 42.8 Å². The highest BCUT2D eigenvalue weighted by molar-refractivity contribution is 5.95. The van der Waals surface area contributed by atoms with E-state index in [0.717, 1.165) is 42.3 Å². The molecule has 0 bridgehead atoms. The summed E-state index contributed by atoms with van der Waals surface area (Å²) in [6, 6.07) is 12.8. The van der Waals surface area contributed by atoms with Crippen molar-refractivity contribution < 1.29 is 14.3 Å². The summed E-state index contributed by atoms with van der Waals surface area (Å²) in [4.78, 5) is 33.8. The van der Waals surface area contributed by atoms with Crippen molar-refractivity contribution in [2.75, 3.05) is 33.3 Å². The van der Waals surface area contributed by atoms with Crippen molar-refractivity contribution in [1.29, 1.82) is 0 Å². The fraction of sp³-hybridized carbons (Fsp3) is 0.320. The van der Waals surface area contributed by atoms with E-state index < -0.39 is 6.04 Å². The Morgan fingerprint density at radius 1 is 1.12 bits per heavy atom. The van der Waals surface area contributed by atoms with Crippen LogP contribution in [0.4, 0.5) is 0 Å². The van der Waals surface area contributed by atoms with E-state index in [-0.39, 0.29) is 11.8 Å². The molecule has 0 radical (unpaired) electrons. The van der Waals surface area contributed by atoms with Crippen LogP contribution in [0.5, 0.6) is 5.75 Å². The number of pyridine rings is 1. The van der Waals surface area contributed by atoms with Gasteiger partial charge in [0, 0.05) is 51.2 Å². The van der Waals surface area contributed by atoms with Gasteiger partial charge in [0.25, 0.3) is 0 Å². The number of ether oxygens (including phenoxy) is 1. The second kappa shape index (κ2) is 10.3. The number of nitrogens with zero attached hydrogens (tertiary/aromatic N) is 4. The minimum Gasteiger partial charge on any atom is -0.497 e. The number of carbonyl (C=O) groups is 2. The van der Waals surface area contributed by atoms with Crippen molar-refractivity contribution in [3.05, 3.63) is 72.2 Å². The quantitative estimate of drug-likeness (QED) is 0.562. The van der Waals surface area contributed by atoms with Crippen molar-refractivity contribution in [2.24, 2.45) is 0 Å². The lowest BCUT2D eigenvalue weighted by molar-refractivity contribution is -0.136. The highest BCUT2D eigenvalue weighted by Crippen LogP contribution is 2.13. The molecule has 0 aliphatic carbocycles. The molecule has 3 heterocycles. The van der Waals surface area contributed by atoms with Gasteiger partial charge in [0.05, 0.1) is 12.8 Å². The number of methoxy groups -OCH3 is 1. The van der Waals surface area contributed by atoms with Gasteiger partial charge in [-0.3, -0.25) is 14.5 Å². The first-order valence-corrected chi connectivity index (χ1v) is 11.1. The molecule has 4 rings (SSSR count). The summed E-state index contributed by atoms with van der Waals surface area (Å²) < 4.78 is 7.14. The maximum Gasteiger partial charge on any atom is 0.244 e. The Morgan fingerprint density at radius 2 is 1.88 bits per heavy atom. The van der Waals surface area contributed by atoms with Crippen LogP contribution in [0, 0.1) is 0 Å².